The quantitative estimate of drug-likeness (QED) is 0.740. The molecule has 0 amide bonds. The Labute approximate surface area is 95.3 Å². The lowest BCUT2D eigenvalue weighted by molar-refractivity contribution is 0.609. The lowest BCUT2D eigenvalue weighted by Crippen LogP contribution is -1.92. The minimum absolute atomic E-state index is 0.0202. The lowest BCUT2D eigenvalue weighted by atomic mass is 10.3. The minimum atomic E-state index is -3.75. The minimum Gasteiger partial charge on any atom is -0.251 e. The predicted molar refractivity (Wildman–Crippen MR) is 57.6 cm³/mol. The monoisotopic (exact) mass is 262 g/mol. The molecule has 0 atom stereocenters. The Morgan fingerprint density at radius 3 is 2.60 bits per heavy atom. The Kier molecular flexibility index (Phi) is 2.54. The van der Waals surface area contributed by atoms with Crippen LogP contribution in [0.25, 0.3) is 11.0 Å². The van der Waals surface area contributed by atoms with Gasteiger partial charge < -0.3 is 0 Å². The predicted octanol–water partition coefficient (Wildman–Crippen LogP) is 2.21. The van der Waals surface area contributed by atoms with E-state index in [9.17, 15) is 8.42 Å². The van der Waals surface area contributed by atoms with E-state index >= 15 is 0 Å². The van der Waals surface area contributed by atoms with Crippen LogP contribution in [-0.2, 0) is 9.05 Å². The van der Waals surface area contributed by atoms with Crippen LogP contribution in [0.3, 0.4) is 0 Å². The fourth-order valence-electron chi connectivity index (χ4n) is 1.12. The van der Waals surface area contributed by atoms with Gasteiger partial charge in [0.15, 0.2) is 0 Å². The molecule has 0 aliphatic rings. The van der Waals surface area contributed by atoms with Crippen molar-refractivity contribution in [3.05, 3.63) is 29.5 Å². The standard InChI is InChI=1S/C8H4Cl2N2O2S/c9-8-4-11-6-2-1-5(15(10,13)14)3-7(6)12-8/h1-4H. The molecule has 0 saturated carbocycles. The number of halogens is 2. The summed E-state index contributed by atoms with van der Waals surface area (Å²) in [6.07, 6.45) is 1.39. The van der Waals surface area contributed by atoms with Crippen LogP contribution in [0.15, 0.2) is 29.3 Å². The highest BCUT2D eigenvalue weighted by Gasteiger charge is 2.11. The van der Waals surface area contributed by atoms with Gasteiger partial charge >= 0.3 is 0 Å². The highest BCUT2D eigenvalue weighted by molar-refractivity contribution is 8.13. The lowest BCUT2D eigenvalue weighted by Gasteiger charge is -1.99. The van der Waals surface area contributed by atoms with Crippen LogP contribution in [0.2, 0.25) is 5.15 Å². The van der Waals surface area contributed by atoms with Crippen molar-refractivity contribution in [3.63, 3.8) is 0 Å². The van der Waals surface area contributed by atoms with E-state index in [0.717, 1.165) is 0 Å². The van der Waals surface area contributed by atoms with Gasteiger partial charge in [-0.1, -0.05) is 11.6 Å². The van der Waals surface area contributed by atoms with Crippen molar-refractivity contribution in [3.8, 4) is 0 Å². The van der Waals surface area contributed by atoms with Gasteiger partial charge in [0.1, 0.15) is 5.15 Å². The number of aromatic nitrogens is 2. The average Bonchev–Trinajstić information content (AvgIpc) is 2.15. The molecule has 0 N–H and O–H groups in total. The van der Waals surface area contributed by atoms with E-state index < -0.39 is 9.05 Å². The second kappa shape index (κ2) is 3.59. The molecule has 0 aliphatic heterocycles. The number of hydrogen-bond donors (Lipinski definition) is 0. The third-order valence-electron chi connectivity index (χ3n) is 1.77. The zero-order valence-electron chi connectivity index (χ0n) is 7.18. The first-order chi connectivity index (χ1) is 6.97. The van der Waals surface area contributed by atoms with Gasteiger partial charge in [0.05, 0.1) is 22.1 Å². The molecule has 4 nitrogen and oxygen atoms in total. The van der Waals surface area contributed by atoms with Gasteiger partial charge in [0.25, 0.3) is 9.05 Å². The molecule has 0 spiro atoms. The zero-order chi connectivity index (χ0) is 11.1. The zero-order valence-corrected chi connectivity index (χ0v) is 9.51. The first-order valence-corrected chi connectivity index (χ1v) is 6.52. The third kappa shape index (κ3) is 2.19. The largest absolute Gasteiger partial charge is 0.261 e. The smallest absolute Gasteiger partial charge is 0.251 e. The molecular weight excluding hydrogens is 259 g/mol. The first kappa shape index (κ1) is 10.6. The van der Waals surface area contributed by atoms with Gasteiger partial charge in [-0.05, 0) is 18.2 Å². The van der Waals surface area contributed by atoms with E-state index in [1.165, 1.54) is 24.4 Å². The van der Waals surface area contributed by atoms with Crippen LogP contribution in [0.4, 0.5) is 0 Å². The molecule has 15 heavy (non-hydrogen) atoms. The van der Waals surface area contributed by atoms with Gasteiger partial charge in [0, 0.05) is 10.7 Å². The summed E-state index contributed by atoms with van der Waals surface area (Å²) < 4.78 is 22.1. The van der Waals surface area contributed by atoms with Crippen LogP contribution >= 0.6 is 22.3 Å². The average molecular weight is 263 g/mol. The first-order valence-electron chi connectivity index (χ1n) is 3.84. The molecule has 78 valence electrons. The summed E-state index contributed by atoms with van der Waals surface area (Å²) in [5, 5.41) is 0.201. The second-order valence-electron chi connectivity index (χ2n) is 2.78. The molecule has 1 heterocycles. The van der Waals surface area contributed by atoms with E-state index in [0.29, 0.717) is 11.0 Å². The molecular formula is C8H4Cl2N2O2S. The third-order valence-corrected chi connectivity index (χ3v) is 3.30. The number of nitrogens with zero attached hydrogens (tertiary/aromatic N) is 2. The number of benzene rings is 1. The Bertz CT molecular complexity index is 628. The van der Waals surface area contributed by atoms with Crippen molar-refractivity contribution in [1.82, 2.24) is 9.97 Å². The molecule has 0 aliphatic carbocycles. The SMILES string of the molecule is O=S(=O)(Cl)c1ccc2ncc(Cl)nc2c1. The molecule has 0 bridgehead atoms. The van der Waals surface area contributed by atoms with E-state index in [2.05, 4.69) is 9.97 Å². The molecule has 7 heteroatoms. The summed E-state index contributed by atoms with van der Waals surface area (Å²) in [6.45, 7) is 0. The van der Waals surface area contributed by atoms with Gasteiger partial charge in [0.2, 0.25) is 0 Å². The highest BCUT2D eigenvalue weighted by atomic mass is 35.7. The summed E-state index contributed by atoms with van der Waals surface area (Å²) in [7, 11) is 1.44. The fraction of sp³-hybridized carbons (Fsp3) is 0. The molecule has 2 rings (SSSR count). The van der Waals surface area contributed by atoms with Crippen LogP contribution in [0.1, 0.15) is 0 Å². The van der Waals surface area contributed by atoms with Crippen molar-refractivity contribution in [2.75, 3.05) is 0 Å². The van der Waals surface area contributed by atoms with Gasteiger partial charge in [-0.3, -0.25) is 4.98 Å². The molecule has 1 aromatic carbocycles. The summed E-state index contributed by atoms with van der Waals surface area (Å²) in [6, 6.07) is 4.22. The maximum Gasteiger partial charge on any atom is 0.261 e. The van der Waals surface area contributed by atoms with Crippen LogP contribution in [-0.4, -0.2) is 18.4 Å². The van der Waals surface area contributed by atoms with Crippen molar-refractivity contribution in [1.29, 1.82) is 0 Å². The normalized spacial score (nSPS) is 11.9. The second-order valence-corrected chi connectivity index (χ2v) is 5.73. The molecule has 0 saturated heterocycles. The van der Waals surface area contributed by atoms with E-state index in [4.69, 9.17) is 22.3 Å². The summed E-state index contributed by atoms with van der Waals surface area (Å²) in [4.78, 5) is 7.88. The summed E-state index contributed by atoms with van der Waals surface area (Å²) in [5.74, 6) is 0. The highest BCUT2D eigenvalue weighted by Crippen LogP contribution is 2.20. The number of rotatable bonds is 1. The van der Waals surface area contributed by atoms with E-state index in [-0.39, 0.29) is 10.0 Å². The Morgan fingerprint density at radius 1 is 1.20 bits per heavy atom. The fourth-order valence-corrected chi connectivity index (χ4v) is 2.03. The van der Waals surface area contributed by atoms with Crippen LogP contribution in [0.5, 0.6) is 0 Å². The maximum absolute atomic E-state index is 11.0. The van der Waals surface area contributed by atoms with Crippen molar-refractivity contribution < 1.29 is 8.42 Å². The van der Waals surface area contributed by atoms with E-state index in [1.54, 1.807) is 0 Å². The van der Waals surface area contributed by atoms with Crippen LogP contribution in [0, 0.1) is 0 Å². The van der Waals surface area contributed by atoms with Gasteiger partial charge in [-0.25, -0.2) is 13.4 Å². The summed E-state index contributed by atoms with van der Waals surface area (Å²) in [5.41, 5.74) is 0.952. The van der Waals surface area contributed by atoms with Crippen LogP contribution < -0.4 is 0 Å². The molecule has 0 radical (unpaired) electrons. The maximum atomic E-state index is 11.0. The Morgan fingerprint density at radius 2 is 1.93 bits per heavy atom. The Balaban J connectivity index is 2.75. The molecule has 1 aromatic heterocycles. The molecule has 0 fully saturated rings. The molecule has 0 unspecified atom stereocenters. The number of hydrogen-bond acceptors (Lipinski definition) is 4. The summed E-state index contributed by atoms with van der Waals surface area (Å²) >= 11 is 5.63. The van der Waals surface area contributed by atoms with Crippen molar-refractivity contribution >= 4 is 42.4 Å². The van der Waals surface area contributed by atoms with E-state index in [1.807, 2.05) is 0 Å². The topological polar surface area (TPSA) is 59.9 Å². The van der Waals surface area contributed by atoms with Gasteiger partial charge in [-0.2, -0.15) is 0 Å². The van der Waals surface area contributed by atoms with Gasteiger partial charge in [-0.15, -0.1) is 0 Å². The van der Waals surface area contributed by atoms with Crippen molar-refractivity contribution in [2.24, 2.45) is 0 Å². The Hall–Kier alpha value is -0.910. The molecule has 2 aromatic rings. The van der Waals surface area contributed by atoms with Crippen molar-refractivity contribution in [2.45, 2.75) is 4.90 Å². The number of fused-ring (bicyclic) bond motifs is 1.